The molecule has 4 nitrogen and oxygen atoms in total. The summed E-state index contributed by atoms with van der Waals surface area (Å²) in [5, 5.41) is 2.93. The lowest BCUT2D eigenvalue weighted by Crippen LogP contribution is -2.49. The molecule has 0 amide bonds. The highest BCUT2D eigenvalue weighted by molar-refractivity contribution is 7.92. The van der Waals surface area contributed by atoms with Gasteiger partial charge in [0, 0.05) is 25.0 Å². The van der Waals surface area contributed by atoms with Crippen LogP contribution in [0.5, 0.6) is 0 Å². The molecule has 0 aliphatic carbocycles. The molecule has 0 radical (unpaired) electrons. The van der Waals surface area contributed by atoms with Crippen LogP contribution in [0.1, 0.15) is 12.8 Å². The van der Waals surface area contributed by atoms with Crippen molar-refractivity contribution >= 4 is 9.84 Å². The number of nitrogens with one attached hydrogen (secondary N) is 1. The van der Waals surface area contributed by atoms with Gasteiger partial charge in [0.15, 0.2) is 9.84 Å². The van der Waals surface area contributed by atoms with Gasteiger partial charge >= 0.3 is 0 Å². The van der Waals surface area contributed by atoms with E-state index < -0.39 is 9.84 Å². The van der Waals surface area contributed by atoms with Crippen LogP contribution in [0, 0.1) is 5.41 Å². The Morgan fingerprint density at radius 2 is 2.31 bits per heavy atom. The Balaban J connectivity index is 2.36. The number of fused-ring (bicyclic) bond motifs is 1. The molecule has 2 saturated heterocycles. The summed E-state index contributed by atoms with van der Waals surface area (Å²) in [4.78, 5) is 0. The first-order valence-corrected chi connectivity index (χ1v) is 6.45. The van der Waals surface area contributed by atoms with E-state index in [2.05, 4.69) is 5.32 Å². The molecule has 0 aromatic heterocycles. The van der Waals surface area contributed by atoms with Crippen molar-refractivity contribution in [3.8, 4) is 0 Å². The normalized spacial score (nSPS) is 43.0. The molecule has 0 spiro atoms. The Morgan fingerprint density at radius 1 is 1.54 bits per heavy atom. The smallest absolute Gasteiger partial charge is 0.155 e. The molecule has 2 aliphatic rings. The lowest BCUT2D eigenvalue weighted by atomic mass is 9.82. The van der Waals surface area contributed by atoms with Crippen LogP contribution >= 0.6 is 0 Å². The van der Waals surface area contributed by atoms with Crippen LogP contribution in [-0.2, 0) is 9.84 Å². The van der Waals surface area contributed by atoms with Crippen molar-refractivity contribution in [2.75, 3.05) is 25.4 Å². The van der Waals surface area contributed by atoms with Gasteiger partial charge in [-0.25, -0.2) is 8.42 Å². The number of hydrogen-bond acceptors (Lipinski definition) is 4. The average molecular weight is 204 g/mol. The van der Waals surface area contributed by atoms with E-state index >= 15 is 0 Å². The van der Waals surface area contributed by atoms with Crippen molar-refractivity contribution in [2.24, 2.45) is 11.1 Å². The van der Waals surface area contributed by atoms with Crippen molar-refractivity contribution in [2.45, 2.75) is 18.1 Å². The van der Waals surface area contributed by atoms with Crippen molar-refractivity contribution in [3.63, 3.8) is 0 Å². The van der Waals surface area contributed by atoms with Crippen molar-refractivity contribution in [3.05, 3.63) is 0 Å². The minimum atomic E-state index is -2.87. The second-order valence-corrected chi connectivity index (χ2v) is 6.46. The summed E-state index contributed by atoms with van der Waals surface area (Å²) < 4.78 is 23.5. The highest BCUT2D eigenvalue weighted by Gasteiger charge is 2.50. The predicted octanol–water partition coefficient (Wildman–Crippen LogP) is -0.888. The molecule has 2 heterocycles. The van der Waals surface area contributed by atoms with Crippen LogP contribution in [0.3, 0.4) is 0 Å². The molecule has 2 fully saturated rings. The number of hydrogen-bond donors (Lipinski definition) is 2. The number of sulfone groups is 1. The maximum Gasteiger partial charge on any atom is 0.155 e. The van der Waals surface area contributed by atoms with Gasteiger partial charge in [-0.15, -0.1) is 0 Å². The Labute approximate surface area is 78.8 Å². The van der Waals surface area contributed by atoms with E-state index in [1.807, 2.05) is 0 Å². The second-order valence-electron chi connectivity index (χ2n) is 4.16. The third-order valence-corrected chi connectivity index (χ3v) is 5.82. The van der Waals surface area contributed by atoms with E-state index in [4.69, 9.17) is 5.73 Å². The van der Waals surface area contributed by atoms with Gasteiger partial charge in [0.2, 0.25) is 0 Å². The number of rotatable bonds is 1. The summed E-state index contributed by atoms with van der Waals surface area (Å²) in [5.74, 6) is 0.348. The minimum absolute atomic E-state index is 0.156. The first-order valence-electron chi connectivity index (χ1n) is 4.73. The monoisotopic (exact) mass is 204 g/mol. The van der Waals surface area contributed by atoms with Crippen molar-refractivity contribution < 1.29 is 8.42 Å². The molecule has 0 aromatic rings. The third kappa shape index (κ3) is 1.30. The SMILES string of the molecule is NCC12CCCS(=O)(=O)C1CNC2. The first kappa shape index (κ1) is 9.43. The van der Waals surface area contributed by atoms with Crippen LogP contribution in [0.25, 0.3) is 0 Å². The fraction of sp³-hybridized carbons (Fsp3) is 1.00. The molecule has 2 unspecified atom stereocenters. The van der Waals surface area contributed by atoms with Gasteiger partial charge in [-0.1, -0.05) is 0 Å². The Hall–Kier alpha value is -0.130. The zero-order valence-corrected chi connectivity index (χ0v) is 8.44. The first-order chi connectivity index (χ1) is 6.11. The third-order valence-electron chi connectivity index (χ3n) is 3.43. The van der Waals surface area contributed by atoms with E-state index in [0.717, 1.165) is 19.4 Å². The molecule has 2 atom stereocenters. The van der Waals surface area contributed by atoms with Gasteiger partial charge in [-0.2, -0.15) is 0 Å². The zero-order valence-electron chi connectivity index (χ0n) is 7.62. The average Bonchev–Trinajstić information content (AvgIpc) is 2.50. The molecule has 0 saturated carbocycles. The standard InChI is InChI=1S/C8H16N2O2S/c9-5-8-2-1-3-13(11,12)7(8)4-10-6-8/h7,10H,1-6,9H2. The Kier molecular flexibility index (Phi) is 2.13. The van der Waals surface area contributed by atoms with Crippen molar-refractivity contribution in [1.29, 1.82) is 0 Å². The maximum atomic E-state index is 11.7. The summed E-state index contributed by atoms with van der Waals surface area (Å²) in [6.07, 6.45) is 1.73. The summed E-state index contributed by atoms with van der Waals surface area (Å²) >= 11 is 0. The summed E-state index contributed by atoms with van der Waals surface area (Å²) in [6, 6.07) is 0. The largest absolute Gasteiger partial charge is 0.330 e. The topological polar surface area (TPSA) is 72.2 Å². The molecule has 2 aliphatic heterocycles. The molecule has 76 valence electrons. The van der Waals surface area contributed by atoms with Gasteiger partial charge in [0.1, 0.15) is 0 Å². The van der Waals surface area contributed by atoms with E-state index in [1.165, 1.54) is 0 Å². The molecule has 13 heavy (non-hydrogen) atoms. The second kappa shape index (κ2) is 2.93. The van der Waals surface area contributed by atoms with Gasteiger partial charge in [0.05, 0.1) is 11.0 Å². The highest BCUT2D eigenvalue weighted by Crippen LogP contribution is 2.39. The van der Waals surface area contributed by atoms with E-state index in [1.54, 1.807) is 0 Å². The zero-order chi connectivity index (χ0) is 9.53. The van der Waals surface area contributed by atoms with E-state index in [9.17, 15) is 8.42 Å². The quantitative estimate of drug-likeness (QED) is 0.581. The van der Waals surface area contributed by atoms with Gasteiger partial charge < -0.3 is 11.1 Å². The van der Waals surface area contributed by atoms with E-state index in [0.29, 0.717) is 18.8 Å². The van der Waals surface area contributed by atoms with Crippen LogP contribution in [-0.4, -0.2) is 39.1 Å². The molecular formula is C8H16N2O2S. The fourth-order valence-electron chi connectivity index (χ4n) is 2.61. The summed E-state index contributed by atoms with van der Waals surface area (Å²) in [7, 11) is -2.87. The lowest BCUT2D eigenvalue weighted by Gasteiger charge is -2.36. The van der Waals surface area contributed by atoms with E-state index in [-0.39, 0.29) is 10.7 Å². The molecule has 2 rings (SSSR count). The number of nitrogens with two attached hydrogens (primary N) is 1. The van der Waals surface area contributed by atoms with Crippen LogP contribution in [0.15, 0.2) is 0 Å². The highest BCUT2D eigenvalue weighted by atomic mass is 32.2. The van der Waals surface area contributed by atoms with Crippen molar-refractivity contribution in [1.82, 2.24) is 5.32 Å². The molecule has 3 N–H and O–H groups in total. The molecular weight excluding hydrogens is 188 g/mol. The summed E-state index contributed by atoms with van der Waals surface area (Å²) in [6.45, 7) is 1.86. The molecule has 5 heteroatoms. The van der Waals surface area contributed by atoms with Crippen LogP contribution in [0.2, 0.25) is 0 Å². The Bertz CT molecular complexity index is 301. The van der Waals surface area contributed by atoms with Gasteiger partial charge in [-0.3, -0.25) is 0 Å². The maximum absolute atomic E-state index is 11.7. The molecule has 0 aromatic carbocycles. The Morgan fingerprint density at radius 3 is 2.92 bits per heavy atom. The predicted molar refractivity (Wildman–Crippen MR) is 51.2 cm³/mol. The molecule has 0 bridgehead atoms. The minimum Gasteiger partial charge on any atom is -0.330 e. The van der Waals surface area contributed by atoms with Crippen LogP contribution < -0.4 is 11.1 Å². The van der Waals surface area contributed by atoms with Gasteiger partial charge in [-0.05, 0) is 12.8 Å². The fourth-order valence-corrected chi connectivity index (χ4v) is 4.88. The summed E-state index contributed by atoms with van der Waals surface area (Å²) in [5.41, 5.74) is 5.54. The lowest BCUT2D eigenvalue weighted by molar-refractivity contribution is 0.292. The van der Waals surface area contributed by atoms with Gasteiger partial charge in [0.25, 0.3) is 0 Å². The van der Waals surface area contributed by atoms with Crippen LogP contribution in [0.4, 0.5) is 0 Å².